The van der Waals surface area contributed by atoms with Gasteiger partial charge >= 0.3 is 0 Å². The van der Waals surface area contributed by atoms with E-state index in [0.29, 0.717) is 46.6 Å². The molecule has 0 atom stereocenters. The summed E-state index contributed by atoms with van der Waals surface area (Å²) in [5.74, 6) is -9.57. The monoisotopic (exact) mass is 518 g/mol. The van der Waals surface area contributed by atoms with Crippen LogP contribution in [0.3, 0.4) is 0 Å². The second-order valence-electron chi connectivity index (χ2n) is 9.06. The zero-order valence-electron chi connectivity index (χ0n) is 20.1. The number of nitrogens with zero attached hydrogens (tertiary/aromatic N) is 2. The Morgan fingerprint density at radius 2 is 1.29 bits per heavy atom. The van der Waals surface area contributed by atoms with Crippen molar-refractivity contribution in [3.8, 4) is 39.5 Å². The Morgan fingerprint density at radius 3 is 2.00 bits per heavy atom. The predicted octanol–water partition coefficient (Wildman–Crippen LogP) is 7.82. The number of pyridine rings is 2. The number of hydrogen-bond donors (Lipinski definition) is 0. The van der Waals surface area contributed by atoms with Crippen molar-refractivity contribution in [2.75, 3.05) is 7.11 Å². The van der Waals surface area contributed by atoms with Crippen LogP contribution >= 0.6 is 0 Å². The zero-order valence-corrected chi connectivity index (χ0v) is 20.1. The molecule has 2 heterocycles. The second kappa shape index (κ2) is 9.20. The van der Waals surface area contributed by atoms with Crippen LogP contribution in [0.4, 0.5) is 22.0 Å². The highest BCUT2D eigenvalue weighted by molar-refractivity contribution is 5.89. The summed E-state index contributed by atoms with van der Waals surface area (Å²) >= 11 is 0. The molecule has 0 amide bonds. The molecule has 38 heavy (non-hydrogen) atoms. The number of hydrogen-bond acceptors (Lipinski definition) is 3. The van der Waals surface area contributed by atoms with Crippen molar-refractivity contribution < 1.29 is 26.7 Å². The maximum Gasteiger partial charge on any atom is 0.200 e. The van der Waals surface area contributed by atoms with Crippen LogP contribution in [0, 0.1) is 29.1 Å². The lowest BCUT2D eigenvalue weighted by Crippen LogP contribution is -2.08. The van der Waals surface area contributed by atoms with E-state index in [2.05, 4.69) is 4.98 Å². The van der Waals surface area contributed by atoms with Crippen molar-refractivity contribution in [1.29, 1.82) is 0 Å². The van der Waals surface area contributed by atoms with Gasteiger partial charge in [0.2, 0.25) is 5.82 Å². The minimum absolute atomic E-state index is 0.325. The molecule has 0 N–H and O–H groups in total. The van der Waals surface area contributed by atoms with E-state index in [1.165, 1.54) is 7.11 Å². The minimum Gasteiger partial charge on any atom is -0.497 e. The molecule has 0 aliphatic heterocycles. The summed E-state index contributed by atoms with van der Waals surface area (Å²) in [6, 6.07) is 17.7. The molecule has 0 saturated carbocycles. The summed E-state index contributed by atoms with van der Waals surface area (Å²) in [4.78, 5) is 9.32. The van der Waals surface area contributed by atoms with E-state index >= 15 is 8.78 Å². The summed E-state index contributed by atoms with van der Waals surface area (Å²) in [5.41, 5.74) is 2.54. The smallest absolute Gasteiger partial charge is 0.200 e. The fourth-order valence-corrected chi connectivity index (χ4v) is 5.13. The van der Waals surface area contributed by atoms with E-state index in [0.717, 1.165) is 22.9 Å². The number of aromatic nitrogens is 2. The Kier molecular flexibility index (Phi) is 5.82. The highest BCUT2D eigenvalue weighted by Gasteiger charge is 2.33. The Bertz CT molecular complexity index is 1710. The van der Waals surface area contributed by atoms with Gasteiger partial charge in [0.1, 0.15) is 5.75 Å². The van der Waals surface area contributed by atoms with Crippen molar-refractivity contribution in [3.63, 3.8) is 0 Å². The Hall–Kier alpha value is -4.33. The third-order valence-electron chi connectivity index (χ3n) is 6.93. The molecular weight excluding hydrogens is 499 g/mol. The molecule has 3 nitrogen and oxygen atoms in total. The normalized spacial score (nSPS) is 12.7. The summed E-state index contributed by atoms with van der Waals surface area (Å²) < 4.78 is 78.3. The molecule has 0 radical (unpaired) electrons. The fraction of sp³-hybridized carbons (Fsp3) is 0.133. The molecule has 8 heteroatoms. The first-order valence-electron chi connectivity index (χ1n) is 12.0. The molecule has 3 aromatic carbocycles. The molecular formula is C30H19F5N2O. The summed E-state index contributed by atoms with van der Waals surface area (Å²) in [6.45, 7) is 0. The van der Waals surface area contributed by atoms with Crippen LogP contribution in [0.25, 0.3) is 44.7 Å². The lowest BCUT2D eigenvalue weighted by atomic mass is 9.90. The van der Waals surface area contributed by atoms with Gasteiger partial charge in [-0.15, -0.1) is 0 Å². The lowest BCUT2D eigenvalue weighted by molar-refractivity contribution is 0.381. The van der Waals surface area contributed by atoms with Crippen molar-refractivity contribution in [2.24, 2.45) is 0 Å². The van der Waals surface area contributed by atoms with Crippen LogP contribution in [-0.2, 0) is 12.8 Å². The Morgan fingerprint density at radius 1 is 0.632 bits per heavy atom. The SMILES string of the molecule is COc1ccc(-c2c(-c3c(F)c(F)c(F)c(F)c3F)nc(-c3ccc4ccccc4n3)c3c2CCC3)cc1. The van der Waals surface area contributed by atoms with Gasteiger partial charge < -0.3 is 4.74 Å². The van der Waals surface area contributed by atoms with Crippen LogP contribution in [0.1, 0.15) is 17.5 Å². The number of ether oxygens (including phenoxy) is 1. The van der Waals surface area contributed by atoms with E-state index in [-0.39, 0.29) is 5.69 Å². The first-order chi connectivity index (χ1) is 18.4. The highest BCUT2D eigenvalue weighted by atomic mass is 19.2. The van der Waals surface area contributed by atoms with Gasteiger partial charge in [0.15, 0.2) is 23.3 Å². The quantitative estimate of drug-likeness (QED) is 0.138. The van der Waals surface area contributed by atoms with E-state index < -0.39 is 34.6 Å². The van der Waals surface area contributed by atoms with Gasteiger partial charge in [0.25, 0.3) is 0 Å². The van der Waals surface area contributed by atoms with Crippen LogP contribution in [0.2, 0.25) is 0 Å². The second-order valence-corrected chi connectivity index (χ2v) is 9.06. The van der Waals surface area contributed by atoms with Gasteiger partial charge in [0, 0.05) is 10.9 Å². The van der Waals surface area contributed by atoms with Crippen LogP contribution in [0.15, 0.2) is 60.7 Å². The van der Waals surface area contributed by atoms with Crippen molar-refractivity contribution in [2.45, 2.75) is 19.3 Å². The standard InChI is InChI=1S/C30H19F5N2O/c1-38-17-12-9-16(10-13-17)22-18-6-4-7-19(18)29(21-14-11-15-5-2-3-8-20(15)36-21)37-30(22)23-24(31)26(33)28(35)27(34)25(23)32/h2-3,5,8-14H,4,6-7H2,1H3. The minimum atomic E-state index is -2.22. The van der Waals surface area contributed by atoms with Crippen molar-refractivity contribution in [3.05, 3.63) is 101 Å². The maximum absolute atomic E-state index is 15.2. The molecule has 0 bridgehead atoms. The largest absolute Gasteiger partial charge is 0.497 e. The average molecular weight is 518 g/mol. The molecule has 0 unspecified atom stereocenters. The molecule has 0 spiro atoms. The third kappa shape index (κ3) is 3.70. The first-order valence-corrected chi connectivity index (χ1v) is 12.0. The summed E-state index contributed by atoms with van der Waals surface area (Å²) in [5, 5.41) is 0.891. The number of halogens is 5. The molecule has 2 aromatic heterocycles. The molecule has 190 valence electrons. The summed E-state index contributed by atoms with van der Waals surface area (Å²) in [6.07, 6.45) is 1.91. The molecule has 6 rings (SSSR count). The molecule has 1 aliphatic rings. The topological polar surface area (TPSA) is 35.0 Å². The zero-order chi connectivity index (χ0) is 26.6. The number of methoxy groups -OCH3 is 1. The van der Waals surface area contributed by atoms with E-state index in [1.54, 1.807) is 30.3 Å². The van der Waals surface area contributed by atoms with Gasteiger partial charge in [-0.2, -0.15) is 0 Å². The predicted molar refractivity (Wildman–Crippen MR) is 134 cm³/mol. The van der Waals surface area contributed by atoms with Gasteiger partial charge in [0.05, 0.1) is 35.3 Å². The van der Waals surface area contributed by atoms with Gasteiger partial charge in [-0.3, -0.25) is 0 Å². The van der Waals surface area contributed by atoms with Gasteiger partial charge in [-0.25, -0.2) is 31.9 Å². The molecule has 1 aliphatic carbocycles. The number of benzene rings is 3. The summed E-state index contributed by atoms with van der Waals surface area (Å²) in [7, 11) is 1.50. The van der Waals surface area contributed by atoms with Crippen LogP contribution < -0.4 is 4.74 Å². The average Bonchev–Trinajstić information content (AvgIpc) is 3.44. The Labute approximate surface area is 214 Å². The van der Waals surface area contributed by atoms with Crippen LogP contribution in [0.5, 0.6) is 5.75 Å². The van der Waals surface area contributed by atoms with Gasteiger partial charge in [-0.05, 0) is 60.2 Å². The number of fused-ring (bicyclic) bond motifs is 2. The third-order valence-corrected chi connectivity index (χ3v) is 6.93. The first kappa shape index (κ1) is 24.0. The molecule has 5 aromatic rings. The number of rotatable bonds is 4. The highest BCUT2D eigenvalue weighted by Crippen LogP contribution is 2.45. The molecule has 0 saturated heterocycles. The fourth-order valence-electron chi connectivity index (χ4n) is 5.13. The number of para-hydroxylation sites is 1. The lowest BCUT2D eigenvalue weighted by Gasteiger charge is -2.19. The van der Waals surface area contributed by atoms with E-state index in [1.807, 2.05) is 30.3 Å². The Balaban J connectivity index is 1.71. The van der Waals surface area contributed by atoms with Crippen molar-refractivity contribution >= 4 is 10.9 Å². The van der Waals surface area contributed by atoms with E-state index in [4.69, 9.17) is 9.72 Å². The van der Waals surface area contributed by atoms with Crippen LogP contribution in [-0.4, -0.2) is 17.1 Å². The maximum atomic E-state index is 15.2. The van der Waals surface area contributed by atoms with E-state index in [9.17, 15) is 13.2 Å². The molecule has 0 fully saturated rings. The van der Waals surface area contributed by atoms with Crippen molar-refractivity contribution in [1.82, 2.24) is 9.97 Å². The van der Waals surface area contributed by atoms with Gasteiger partial charge in [-0.1, -0.05) is 36.4 Å².